The molecule has 2 aromatic rings. The Bertz CT molecular complexity index is 1400. The van der Waals surface area contributed by atoms with E-state index >= 15 is 0 Å². The van der Waals surface area contributed by atoms with Crippen LogP contribution in [-0.4, -0.2) is 90.5 Å². The van der Waals surface area contributed by atoms with E-state index in [1.54, 1.807) is 4.90 Å². The van der Waals surface area contributed by atoms with Crippen molar-refractivity contribution in [1.29, 1.82) is 0 Å². The van der Waals surface area contributed by atoms with Gasteiger partial charge in [0.1, 0.15) is 18.4 Å². The zero-order valence-corrected chi connectivity index (χ0v) is 27.0. The minimum atomic E-state index is -0.605. The fourth-order valence-corrected chi connectivity index (χ4v) is 8.16. The second kappa shape index (κ2) is 14.2. The number of rotatable bonds is 9. The van der Waals surface area contributed by atoms with Gasteiger partial charge in [-0.1, -0.05) is 30.7 Å². The van der Waals surface area contributed by atoms with E-state index in [2.05, 4.69) is 39.4 Å². The highest BCUT2D eigenvalue weighted by Gasteiger charge is 2.39. The summed E-state index contributed by atoms with van der Waals surface area (Å²) in [6.45, 7) is 8.49. The Morgan fingerprint density at radius 2 is 1.67 bits per heavy atom. The van der Waals surface area contributed by atoms with Gasteiger partial charge in [0.15, 0.2) is 0 Å². The molecule has 1 N–H and O–H groups in total. The molecule has 46 heavy (non-hydrogen) atoms. The summed E-state index contributed by atoms with van der Waals surface area (Å²) in [5, 5.41) is 2.37. The highest BCUT2D eigenvalue weighted by molar-refractivity contribution is 6.05. The Hall–Kier alpha value is -3.27. The van der Waals surface area contributed by atoms with Gasteiger partial charge in [-0.15, -0.1) is 0 Å². The number of benzene rings is 2. The van der Waals surface area contributed by atoms with Crippen molar-refractivity contribution >= 4 is 17.7 Å². The molecule has 2 unspecified atom stereocenters. The van der Waals surface area contributed by atoms with Crippen molar-refractivity contribution in [2.75, 3.05) is 46.0 Å². The number of fused-ring (bicyclic) bond motifs is 1. The molecule has 3 amide bonds. The van der Waals surface area contributed by atoms with Crippen LogP contribution in [0, 0.1) is 5.92 Å². The molecule has 0 radical (unpaired) electrons. The van der Waals surface area contributed by atoms with Crippen LogP contribution in [0.3, 0.4) is 0 Å². The number of likely N-dealkylation sites (tertiary alicyclic amines) is 2. The molecule has 7 rings (SSSR count). The van der Waals surface area contributed by atoms with Crippen LogP contribution in [0.5, 0.6) is 5.75 Å². The van der Waals surface area contributed by atoms with Gasteiger partial charge in [-0.05, 0) is 111 Å². The van der Waals surface area contributed by atoms with Crippen molar-refractivity contribution < 1.29 is 23.9 Å². The fraction of sp³-hybridized carbons (Fsp3) is 0.595. The highest BCUT2D eigenvalue weighted by Crippen LogP contribution is 2.32. The molecule has 0 saturated carbocycles. The maximum absolute atomic E-state index is 13.1. The molecule has 5 aliphatic heterocycles. The van der Waals surface area contributed by atoms with E-state index in [0.29, 0.717) is 37.1 Å². The van der Waals surface area contributed by atoms with Crippen LogP contribution >= 0.6 is 0 Å². The standard InChI is InChI=1S/C37H48N4O5/c42-35-11-10-34(36(43)38-35)41-24-30-21-32(8-9-33(30)37(41)44)46-25-31-3-1-2-16-40(31)23-26-4-6-28(7-5-26)29-12-17-39(18-13-29)22-27-14-19-45-20-15-27/h4-9,21,27,29,31,34H,1-3,10-20,22-25H2,(H,38,42,43). The number of nitrogens with one attached hydrogen (secondary N) is 1. The van der Waals surface area contributed by atoms with Gasteiger partial charge in [0.2, 0.25) is 11.8 Å². The summed E-state index contributed by atoms with van der Waals surface area (Å²) in [4.78, 5) is 43.9. The van der Waals surface area contributed by atoms with Gasteiger partial charge in [0.05, 0.1) is 0 Å². The van der Waals surface area contributed by atoms with Crippen molar-refractivity contribution in [1.82, 2.24) is 20.0 Å². The number of carbonyl (C=O) groups is 3. The van der Waals surface area contributed by atoms with Crippen LogP contribution < -0.4 is 10.1 Å². The van der Waals surface area contributed by atoms with Crippen LogP contribution in [0.4, 0.5) is 0 Å². The van der Waals surface area contributed by atoms with Gasteiger partial charge in [0, 0.05) is 50.9 Å². The molecule has 0 aliphatic carbocycles. The molecular formula is C37H48N4O5. The second-order valence-corrected chi connectivity index (χ2v) is 14.0. The predicted molar refractivity (Wildman–Crippen MR) is 174 cm³/mol. The molecule has 246 valence electrons. The van der Waals surface area contributed by atoms with Gasteiger partial charge in [-0.2, -0.15) is 0 Å². The molecule has 0 bridgehead atoms. The summed E-state index contributed by atoms with van der Waals surface area (Å²) in [5.41, 5.74) is 4.33. The Morgan fingerprint density at radius 1 is 0.870 bits per heavy atom. The number of ether oxygens (including phenoxy) is 2. The number of hydrogen-bond donors (Lipinski definition) is 1. The van der Waals surface area contributed by atoms with Crippen LogP contribution in [-0.2, 0) is 27.4 Å². The summed E-state index contributed by atoms with van der Waals surface area (Å²) in [5.74, 6) is 1.41. The topological polar surface area (TPSA) is 91.4 Å². The van der Waals surface area contributed by atoms with Crippen molar-refractivity contribution in [2.24, 2.45) is 5.92 Å². The maximum Gasteiger partial charge on any atom is 0.255 e. The summed E-state index contributed by atoms with van der Waals surface area (Å²) >= 11 is 0. The summed E-state index contributed by atoms with van der Waals surface area (Å²) in [6.07, 6.45) is 9.07. The molecule has 4 saturated heterocycles. The van der Waals surface area contributed by atoms with Crippen molar-refractivity contribution in [2.45, 2.75) is 88.9 Å². The molecule has 9 heteroatoms. The third-order valence-electron chi connectivity index (χ3n) is 11.0. The largest absolute Gasteiger partial charge is 0.492 e. The molecule has 2 aromatic carbocycles. The summed E-state index contributed by atoms with van der Waals surface area (Å²) in [7, 11) is 0. The minimum Gasteiger partial charge on any atom is -0.492 e. The third kappa shape index (κ3) is 7.16. The Morgan fingerprint density at radius 3 is 2.46 bits per heavy atom. The SMILES string of the molecule is O=C1CCC(N2Cc3cc(OCC4CCCCN4Cc4ccc(C5CCN(CC6CCOCC6)CC5)cc4)ccc3C2=O)C(=O)N1. The van der Waals surface area contributed by atoms with E-state index < -0.39 is 6.04 Å². The molecule has 5 aliphatic rings. The van der Waals surface area contributed by atoms with Crippen LogP contribution in [0.25, 0.3) is 0 Å². The van der Waals surface area contributed by atoms with E-state index in [1.807, 2.05) is 18.2 Å². The van der Waals surface area contributed by atoms with Gasteiger partial charge >= 0.3 is 0 Å². The molecule has 2 atom stereocenters. The molecule has 4 fully saturated rings. The average molecular weight is 629 g/mol. The fourth-order valence-electron chi connectivity index (χ4n) is 8.16. The van der Waals surface area contributed by atoms with Crippen LogP contribution in [0.15, 0.2) is 42.5 Å². The smallest absolute Gasteiger partial charge is 0.255 e. The number of amides is 3. The van der Waals surface area contributed by atoms with E-state index in [9.17, 15) is 14.4 Å². The second-order valence-electron chi connectivity index (χ2n) is 14.0. The van der Waals surface area contributed by atoms with Gasteiger partial charge in [-0.3, -0.25) is 24.6 Å². The molecule has 0 spiro atoms. The highest BCUT2D eigenvalue weighted by atomic mass is 16.5. The van der Waals surface area contributed by atoms with E-state index in [4.69, 9.17) is 9.47 Å². The van der Waals surface area contributed by atoms with Gasteiger partial charge in [-0.25, -0.2) is 0 Å². The summed E-state index contributed by atoms with van der Waals surface area (Å²) < 4.78 is 11.9. The lowest BCUT2D eigenvalue weighted by Gasteiger charge is -2.36. The molecule has 9 nitrogen and oxygen atoms in total. The quantitative estimate of drug-likeness (QED) is 0.410. The molecule has 0 aromatic heterocycles. The van der Waals surface area contributed by atoms with Crippen molar-refractivity contribution in [3.8, 4) is 5.75 Å². The average Bonchev–Trinajstić information content (AvgIpc) is 3.40. The molecule has 5 heterocycles. The number of imide groups is 1. The number of piperidine rings is 3. The first-order valence-electron chi connectivity index (χ1n) is 17.5. The zero-order valence-electron chi connectivity index (χ0n) is 27.0. The van der Waals surface area contributed by atoms with E-state index in [1.165, 1.54) is 69.3 Å². The van der Waals surface area contributed by atoms with E-state index in [-0.39, 0.29) is 24.1 Å². The van der Waals surface area contributed by atoms with Crippen molar-refractivity contribution in [3.63, 3.8) is 0 Å². The van der Waals surface area contributed by atoms with Gasteiger partial charge in [0.25, 0.3) is 5.91 Å². The third-order valence-corrected chi connectivity index (χ3v) is 11.0. The lowest BCUT2D eigenvalue weighted by molar-refractivity contribution is -0.136. The lowest BCUT2D eigenvalue weighted by atomic mass is 9.88. The Kier molecular flexibility index (Phi) is 9.70. The molecular weight excluding hydrogens is 580 g/mol. The Labute approximate surface area is 272 Å². The zero-order chi connectivity index (χ0) is 31.5. The van der Waals surface area contributed by atoms with Gasteiger partial charge < -0.3 is 19.3 Å². The minimum absolute atomic E-state index is 0.156. The first-order valence-corrected chi connectivity index (χ1v) is 17.5. The number of hydrogen-bond acceptors (Lipinski definition) is 7. The predicted octanol–water partition coefficient (Wildman–Crippen LogP) is 4.49. The summed E-state index contributed by atoms with van der Waals surface area (Å²) in [6, 6.07) is 14.8. The van der Waals surface area contributed by atoms with Crippen LogP contribution in [0.2, 0.25) is 0 Å². The first-order chi connectivity index (χ1) is 22.5. The lowest BCUT2D eigenvalue weighted by Crippen LogP contribution is -2.52. The number of carbonyl (C=O) groups excluding carboxylic acids is 3. The monoisotopic (exact) mass is 628 g/mol. The Balaban J connectivity index is 0.903. The first kappa shape index (κ1) is 31.3. The van der Waals surface area contributed by atoms with E-state index in [0.717, 1.165) is 50.0 Å². The maximum atomic E-state index is 13.1. The number of nitrogens with zero attached hydrogens (tertiary/aromatic N) is 3. The normalized spacial score (nSPS) is 25.5. The van der Waals surface area contributed by atoms with Crippen molar-refractivity contribution in [3.05, 3.63) is 64.7 Å². The van der Waals surface area contributed by atoms with Crippen LogP contribution in [0.1, 0.15) is 90.8 Å².